The highest BCUT2D eigenvalue weighted by molar-refractivity contribution is 5.95. The number of hydrogen-bond donors (Lipinski definition) is 2. The summed E-state index contributed by atoms with van der Waals surface area (Å²) in [5.74, 6) is 0.0782. The van der Waals surface area contributed by atoms with Gasteiger partial charge in [0.05, 0.1) is 6.04 Å². The molecule has 20 heavy (non-hydrogen) atoms. The zero-order valence-corrected chi connectivity index (χ0v) is 13.5. The quantitative estimate of drug-likeness (QED) is 0.895. The van der Waals surface area contributed by atoms with Crippen LogP contribution in [0.2, 0.25) is 0 Å². The lowest BCUT2D eigenvalue weighted by molar-refractivity contribution is -0.117. The van der Waals surface area contributed by atoms with E-state index in [2.05, 4.69) is 21.6 Å². The summed E-state index contributed by atoms with van der Waals surface area (Å²) in [7, 11) is 4.07. The van der Waals surface area contributed by atoms with Crippen molar-refractivity contribution in [1.29, 1.82) is 0 Å². The molecule has 4 nitrogen and oxygen atoms in total. The maximum atomic E-state index is 12.0. The Hall–Kier alpha value is -0.810. The zero-order valence-electron chi connectivity index (χ0n) is 11.9. The van der Waals surface area contributed by atoms with E-state index in [9.17, 15) is 4.79 Å². The Labute approximate surface area is 133 Å². The van der Waals surface area contributed by atoms with Crippen LogP contribution in [0.3, 0.4) is 0 Å². The predicted octanol–water partition coefficient (Wildman–Crippen LogP) is 2.28. The standard InChI is InChI=1S/C14H21N3O.2ClH/c1-17(2)10-11-5-3-6-12(9-11)16-14(18)13-7-4-8-15-13;;/h3,5-6,9,13,15H,4,7-8,10H2,1-2H3,(H,16,18);2*1H. The van der Waals surface area contributed by atoms with E-state index in [1.807, 2.05) is 32.3 Å². The van der Waals surface area contributed by atoms with Gasteiger partial charge in [-0.1, -0.05) is 12.1 Å². The van der Waals surface area contributed by atoms with Crippen LogP contribution in [0, 0.1) is 0 Å². The van der Waals surface area contributed by atoms with E-state index in [0.717, 1.165) is 31.6 Å². The maximum absolute atomic E-state index is 12.0. The minimum absolute atomic E-state index is 0. The van der Waals surface area contributed by atoms with Gasteiger partial charge in [-0.15, -0.1) is 24.8 Å². The van der Waals surface area contributed by atoms with Crippen molar-refractivity contribution in [2.45, 2.75) is 25.4 Å². The lowest BCUT2D eigenvalue weighted by Crippen LogP contribution is -2.35. The van der Waals surface area contributed by atoms with Crippen molar-refractivity contribution in [2.75, 3.05) is 26.0 Å². The molecule has 1 aliphatic rings. The zero-order chi connectivity index (χ0) is 13.0. The van der Waals surface area contributed by atoms with E-state index >= 15 is 0 Å². The Kier molecular flexibility index (Phi) is 8.81. The van der Waals surface area contributed by atoms with Gasteiger partial charge in [-0.2, -0.15) is 0 Å². The molecule has 0 spiro atoms. The van der Waals surface area contributed by atoms with E-state index in [1.165, 1.54) is 5.56 Å². The molecule has 2 rings (SSSR count). The van der Waals surface area contributed by atoms with Gasteiger partial charge in [0, 0.05) is 12.2 Å². The Morgan fingerprint density at radius 2 is 2.15 bits per heavy atom. The van der Waals surface area contributed by atoms with E-state index in [4.69, 9.17) is 0 Å². The summed E-state index contributed by atoms with van der Waals surface area (Å²) in [5.41, 5.74) is 2.09. The number of hydrogen-bond acceptors (Lipinski definition) is 3. The molecule has 0 bridgehead atoms. The van der Waals surface area contributed by atoms with Gasteiger partial charge in [-0.05, 0) is 51.2 Å². The summed E-state index contributed by atoms with van der Waals surface area (Å²) >= 11 is 0. The van der Waals surface area contributed by atoms with E-state index < -0.39 is 0 Å². The number of carbonyl (C=O) groups is 1. The summed E-state index contributed by atoms with van der Waals surface area (Å²) in [6, 6.07) is 8.00. The van der Waals surface area contributed by atoms with Crippen molar-refractivity contribution >= 4 is 36.4 Å². The van der Waals surface area contributed by atoms with Crippen LogP contribution in [-0.2, 0) is 11.3 Å². The maximum Gasteiger partial charge on any atom is 0.241 e. The SMILES string of the molecule is CN(C)Cc1cccc(NC(=O)C2CCCN2)c1.Cl.Cl. The average Bonchev–Trinajstić information content (AvgIpc) is 2.81. The first-order valence-corrected chi connectivity index (χ1v) is 6.43. The molecule has 6 heteroatoms. The van der Waals surface area contributed by atoms with E-state index in [-0.39, 0.29) is 36.8 Å². The Morgan fingerprint density at radius 3 is 2.75 bits per heavy atom. The molecule has 114 valence electrons. The molecule has 1 saturated heterocycles. The molecule has 1 aliphatic heterocycles. The number of nitrogens with zero attached hydrogens (tertiary/aromatic N) is 1. The highest BCUT2D eigenvalue weighted by Crippen LogP contribution is 2.14. The second-order valence-electron chi connectivity index (χ2n) is 5.08. The molecule has 0 radical (unpaired) electrons. The first kappa shape index (κ1) is 19.2. The molecular formula is C14H23Cl2N3O. The minimum Gasteiger partial charge on any atom is -0.325 e. The molecule has 1 aromatic rings. The summed E-state index contributed by atoms with van der Waals surface area (Å²) in [6.07, 6.45) is 2.02. The molecule has 0 aliphatic carbocycles. The van der Waals surface area contributed by atoms with Crippen LogP contribution in [0.5, 0.6) is 0 Å². The normalized spacial score (nSPS) is 17.2. The van der Waals surface area contributed by atoms with Crippen molar-refractivity contribution in [2.24, 2.45) is 0 Å². The Bertz CT molecular complexity index is 421. The summed E-state index contributed by atoms with van der Waals surface area (Å²) in [5, 5.41) is 6.18. The summed E-state index contributed by atoms with van der Waals surface area (Å²) in [6.45, 7) is 1.82. The molecule has 1 aromatic carbocycles. The fourth-order valence-electron chi connectivity index (χ4n) is 2.25. The van der Waals surface area contributed by atoms with Gasteiger partial charge in [0.15, 0.2) is 0 Å². The van der Waals surface area contributed by atoms with Gasteiger partial charge >= 0.3 is 0 Å². The topological polar surface area (TPSA) is 44.4 Å². The van der Waals surface area contributed by atoms with Crippen LogP contribution in [0.15, 0.2) is 24.3 Å². The van der Waals surface area contributed by atoms with Crippen LogP contribution in [0.1, 0.15) is 18.4 Å². The van der Waals surface area contributed by atoms with Crippen LogP contribution < -0.4 is 10.6 Å². The van der Waals surface area contributed by atoms with E-state index in [1.54, 1.807) is 0 Å². The summed E-state index contributed by atoms with van der Waals surface area (Å²) < 4.78 is 0. The molecule has 1 unspecified atom stereocenters. The number of rotatable bonds is 4. The highest BCUT2D eigenvalue weighted by atomic mass is 35.5. The third kappa shape index (κ3) is 5.67. The van der Waals surface area contributed by atoms with Crippen molar-refractivity contribution in [1.82, 2.24) is 10.2 Å². The lowest BCUT2D eigenvalue weighted by Gasteiger charge is -2.13. The van der Waals surface area contributed by atoms with Gasteiger partial charge in [0.1, 0.15) is 0 Å². The lowest BCUT2D eigenvalue weighted by atomic mass is 10.1. The molecular weight excluding hydrogens is 297 g/mol. The van der Waals surface area contributed by atoms with Gasteiger partial charge in [-0.3, -0.25) is 4.79 Å². The molecule has 1 heterocycles. The van der Waals surface area contributed by atoms with Crippen LogP contribution in [-0.4, -0.2) is 37.5 Å². The van der Waals surface area contributed by atoms with Gasteiger partial charge in [-0.25, -0.2) is 0 Å². The Morgan fingerprint density at radius 1 is 1.40 bits per heavy atom. The molecule has 1 atom stereocenters. The fourth-order valence-corrected chi connectivity index (χ4v) is 2.25. The van der Waals surface area contributed by atoms with Crippen LogP contribution in [0.4, 0.5) is 5.69 Å². The number of amides is 1. The fraction of sp³-hybridized carbons (Fsp3) is 0.500. The number of nitrogens with one attached hydrogen (secondary N) is 2. The number of halogens is 2. The molecule has 0 saturated carbocycles. The largest absolute Gasteiger partial charge is 0.325 e. The molecule has 1 fully saturated rings. The second-order valence-corrected chi connectivity index (χ2v) is 5.08. The van der Waals surface area contributed by atoms with Gasteiger partial charge in [0.25, 0.3) is 0 Å². The van der Waals surface area contributed by atoms with Crippen molar-refractivity contribution in [3.8, 4) is 0 Å². The Balaban J connectivity index is 0.00000180. The minimum atomic E-state index is -0.0255. The molecule has 1 amide bonds. The van der Waals surface area contributed by atoms with Crippen LogP contribution in [0.25, 0.3) is 0 Å². The smallest absolute Gasteiger partial charge is 0.241 e. The van der Waals surface area contributed by atoms with Crippen LogP contribution >= 0.6 is 24.8 Å². The van der Waals surface area contributed by atoms with Crippen molar-refractivity contribution in [3.63, 3.8) is 0 Å². The molecule has 2 N–H and O–H groups in total. The van der Waals surface area contributed by atoms with Crippen molar-refractivity contribution < 1.29 is 4.79 Å². The summed E-state index contributed by atoms with van der Waals surface area (Å²) in [4.78, 5) is 14.1. The first-order chi connectivity index (χ1) is 8.65. The third-order valence-corrected chi connectivity index (χ3v) is 3.07. The van der Waals surface area contributed by atoms with Gasteiger partial charge in [0.2, 0.25) is 5.91 Å². The van der Waals surface area contributed by atoms with E-state index in [0.29, 0.717) is 0 Å². The highest BCUT2D eigenvalue weighted by Gasteiger charge is 2.21. The monoisotopic (exact) mass is 319 g/mol. The number of carbonyl (C=O) groups excluding carboxylic acids is 1. The molecule has 0 aromatic heterocycles. The first-order valence-electron chi connectivity index (χ1n) is 6.43. The number of anilines is 1. The number of benzene rings is 1. The average molecular weight is 320 g/mol. The van der Waals surface area contributed by atoms with Gasteiger partial charge < -0.3 is 15.5 Å². The van der Waals surface area contributed by atoms with Crippen molar-refractivity contribution in [3.05, 3.63) is 29.8 Å². The third-order valence-electron chi connectivity index (χ3n) is 3.07. The predicted molar refractivity (Wildman–Crippen MR) is 88.0 cm³/mol. The second kappa shape index (κ2) is 9.19.